The first-order valence-corrected chi connectivity index (χ1v) is 6.50. The summed E-state index contributed by atoms with van der Waals surface area (Å²) < 4.78 is 6.12. The van der Waals surface area contributed by atoms with Crippen molar-refractivity contribution in [3.63, 3.8) is 0 Å². The Morgan fingerprint density at radius 1 is 1.41 bits per heavy atom. The zero-order valence-corrected chi connectivity index (χ0v) is 12.3. The number of rotatable bonds is 5. The van der Waals surface area contributed by atoms with Crippen molar-refractivity contribution in [2.75, 3.05) is 7.11 Å². The van der Waals surface area contributed by atoms with E-state index >= 15 is 0 Å². The van der Waals surface area contributed by atoms with Gasteiger partial charge in [0.1, 0.15) is 5.75 Å². The summed E-state index contributed by atoms with van der Waals surface area (Å²) in [7, 11) is 1.65. The van der Waals surface area contributed by atoms with E-state index in [0.717, 1.165) is 28.6 Å². The molecule has 3 nitrogen and oxygen atoms in total. The molecule has 0 fully saturated rings. The highest BCUT2D eigenvalue weighted by atomic mass is 79.9. The lowest BCUT2D eigenvalue weighted by atomic mass is 9.94. The molecule has 4 heteroatoms. The van der Waals surface area contributed by atoms with Crippen LogP contribution < -0.4 is 16.2 Å². The minimum atomic E-state index is -0.165. The largest absolute Gasteiger partial charge is 0.496 e. The molecule has 0 saturated heterocycles. The summed E-state index contributed by atoms with van der Waals surface area (Å²) >= 11 is 3.46. The fourth-order valence-electron chi connectivity index (χ4n) is 1.61. The summed E-state index contributed by atoms with van der Waals surface area (Å²) in [6.07, 6.45) is 1.78. The molecule has 1 atom stereocenters. The molecule has 0 bridgehead atoms. The fraction of sp³-hybridized carbons (Fsp3) is 0.538. The monoisotopic (exact) mass is 300 g/mol. The highest BCUT2D eigenvalue weighted by Crippen LogP contribution is 2.29. The predicted molar refractivity (Wildman–Crippen MR) is 75.1 cm³/mol. The SMILES string of the molecule is COc1ccc(C(N)CCC(C)(C)N)cc1Br. The van der Waals surface area contributed by atoms with Crippen LogP contribution in [0.4, 0.5) is 0 Å². The number of hydrogen-bond donors (Lipinski definition) is 2. The molecule has 0 amide bonds. The van der Waals surface area contributed by atoms with Gasteiger partial charge in [-0.15, -0.1) is 0 Å². The zero-order chi connectivity index (χ0) is 13.1. The maximum absolute atomic E-state index is 6.15. The Balaban J connectivity index is 2.69. The molecule has 1 unspecified atom stereocenters. The maximum atomic E-state index is 6.15. The lowest BCUT2D eigenvalue weighted by Gasteiger charge is -2.21. The third kappa shape index (κ3) is 4.66. The average Bonchev–Trinajstić information content (AvgIpc) is 2.24. The van der Waals surface area contributed by atoms with Crippen molar-refractivity contribution in [2.45, 2.75) is 38.3 Å². The van der Waals surface area contributed by atoms with Crippen LogP contribution in [0, 0.1) is 0 Å². The molecule has 0 aliphatic rings. The third-order valence-electron chi connectivity index (χ3n) is 2.70. The Hall–Kier alpha value is -0.580. The molecule has 1 rings (SSSR count). The molecule has 0 spiro atoms. The zero-order valence-electron chi connectivity index (χ0n) is 10.7. The molecule has 4 N–H and O–H groups in total. The van der Waals surface area contributed by atoms with Crippen LogP contribution in [-0.2, 0) is 0 Å². The first-order chi connectivity index (χ1) is 7.83. The Bertz CT molecular complexity index is 374. The summed E-state index contributed by atoms with van der Waals surface area (Å²) in [6.45, 7) is 4.04. The normalized spacial score (nSPS) is 13.5. The molecule has 0 aliphatic heterocycles. The summed E-state index contributed by atoms with van der Waals surface area (Å²) in [5.74, 6) is 0.820. The van der Waals surface area contributed by atoms with Gasteiger partial charge in [-0.1, -0.05) is 6.07 Å². The molecular formula is C13H21BrN2O. The second-order valence-corrected chi connectivity index (χ2v) is 5.88. The van der Waals surface area contributed by atoms with Crippen molar-refractivity contribution < 1.29 is 4.74 Å². The number of halogens is 1. The second-order valence-electron chi connectivity index (χ2n) is 5.03. The van der Waals surface area contributed by atoms with Crippen LogP contribution in [0.25, 0.3) is 0 Å². The predicted octanol–water partition coefficient (Wildman–Crippen LogP) is 2.98. The number of ether oxygens (including phenoxy) is 1. The lowest BCUT2D eigenvalue weighted by Crippen LogP contribution is -2.32. The van der Waals surface area contributed by atoms with Gasteiger partial charge in [0, 0.05) is 11.6 Å². The summed E-state index contributed by atoms with van der Waals surface area (Å²) in [5.41, 5.74) is 13.0. The highest BCUT2D eigenvalue weighted by Gasteiger charge is 2.15. The maximum Gasteiger partial charge on any atom is 0.133 e. The summed E-state index contributed by atoms with van der Waals surface area (Å²) in [4.78, 5) is 0. The van der Waals surface area contributed by atoms with Gasteiger partial charge < -0.3 is 16.2 Å². The van der Waals surface area contributed by atoms with Crippen LogP contribution in [-0.4, -0.2) is 12.6 Å². The molecule has 96 valence electrons. The van der Waals surface area contributed by atoms with Crippen molar-refractivity contribution in [1.29, 1.82) is 0 Å². The van der Waals surface area contributed by atoms with Crippen molar-refractivity contribution in [2.24, 2.45) is 11.5 Å². The van der Waals surface area contributed by atoms with E-state index in [0.29, 0.717) is 0 Å². The van der Waals surface area contributed by atoms with E-state index in [1.165, 1.54) is 0 Å². The van der Waals surface area contributed by atoms with Crippen molar-refractivity contribution in [1.82, 2.24) is 0 Å². The Morgan fingerprint density at radius 2 is 2.06 bits per heavy atom. The van der Waals surface area contributed by atoms with Crippen LogP contribution in [0.5, 0.6) is 5.75 Å². The quantitative estimate of drug-likeness (QED) is 0.879. The smallest absolute Gasteiger partial charge is 0.133 e. The van der Waals surface area contributed by atoms with E-state index < -0.39 is 0 Å². The number of nitrogens with two attached hydrogens (primary N) is 2. The lowest BCUT2D eigenvalue weighted by molar-refractivity contribution is 0.411. The number of methoxy groups -OCH3 is 1. The van der Waals surface area contributed by atoms with Gasteiger partial charge in [-0.05, 0) is 60.3 Å². The van der Waals surface area contributed by atoms with E-state index in [9.17, 15) is 0 Å². The Morgan fingerprint density at radius 3 is 2.53 bits per heavy atom. The van der Waals surface area contributed by atoms with E-state index in [1.807, 2.05) is 32.0 Å². The number of hydrogen-bond acceptors (Lipinski definition) is 3. The minimum absolute atomic E-state index is 0.0139. The van der Waals surface area contributed by atoms with Crippen LogP contribution >= 0.6 is 15.9 Å². The van der Waals surface area contributed by atoms with Gasteiger partial charge >= 0.3 is 0 Å². The van der Waals surface area contributed by atoms with Crippen LogP contribution in [0.1, 0.15) is 38.3 Å². The fourth-order valence-corrected chi connectivity index (χ4v) is 2.17. The molecule has 0 aromatic heterocycles. The van der Waals surface area contributed by atoms with E-state index in [2.05, 4.69) is 15.9 Å². The van der Waals surface area contributed by atoms with Crippen LogP contribution in [0.3, 0.4) is 0 Å². The third-order valence-corrected chi connectivity index (χ3v) is 3.32. The minimum Gasteiger partial charge on any atom is -0.496 e. The molecule has 1 aromatic rings. The molecule has 0 saturated carbocycles. The summed E-state index contributed by atoms with van der Waals surface area (Å²) in [5, 5.41) is 0. The Kier molecular flexibility index (Phi) is 4.98. The van der Waals surface area contributed by atoms with Gasteiger partial charge in [0.2, 0.25) is 0 Å². The molecular weight excluding hydrogens is 280 g/mol. The van der Waals surface area contributed by atoms with Crippen molar-refractivity contribution in [3.05, 3.63) is 28.2 Å². The topological polar surface area (TPSA) is 61.3 Å². The molecule has 1 aromatic carbocycles. The highest BCUT2D eigenvalue weighted by molar-refractivity contribution is 9.10. The van der Waals surface area contributed by atoms with Gasteiger partial charge in [-0.3, -0.25) is 0 Å². The van der Waals surface area contributed by atoms with E-state index in [1.54, 1.807) is 7.11 Å². The van der Waals surface area contributed by atoms with Gasteiger partial charge in [0.15, 0.2) is 0 Å². The van der Waals surface area contributed by atoms with Gasteiger partial charge in [-0.25, -0.2) is 0 Å². The van der Waals surface area contributed by atoms with E-state index in [-0.39, 0.29) is 11.6 Å². The van der Waals surface area contributed by atoms with Crippen molar-refractivity contribution in [3.8, 4) is 5.75 Å². The average molecular weight is 301 g/mol. The number of benzene rings is 1. The molecule has 0 radical (unpaired) electrons. The van der Waals surface area contributed by atoms with Gasteiger partial charge in [0.05, 0.1) is 11.6 Å². The molecule has 0 heterocycles. The van der Waals surface area contributed by atoms with Crippen LogP contribution in [0.15, 0.2) is 22.7 Å². The summed E-state index contributed by atoms with van der Waals surface area (Å²) in [6, 6.07) is 5.94. The van der Waals surface area contributed by atoms with Crippen molar-refractivity contribution >= 4 is 15.9 Å². The molecule has 17 heavy (non-hydrogen) atoms. The second kappa shape index (κ2) is 5.85. The standard InChI is InChI=1S/C13H21BrN2O/c1-13(2,16)7-6-11(15)9-4-5-12(17-3)10(14)8-9/h4-5,8,11H,6-7,15-16H2,1-3H3. The first kappa shape index (κ1) is 14.5. The van der Waals surface area contributed by atoms with Gasteiger partial charge in [-0.2, -0.15) is 0 Å². The first-order valence-electron chi connectivity index (χ1n) is 5.71. The molecule has 0 aliphatic carbocycles. The Labute approximate surface area is 112 Å². The van der Waals surface area contributed by atoms with E-state index in [4.69, 9.17) is 16.2 Å². The van der Waals surface area contributed by atoms with Gasteiger partial charge in [0.25, 0.3) is 0 Å². The van der Waals surface area contributed by atoms with Crippen LogP contribution in [0.2, 0.25) is 0 Å².